The van der Waals surface area contributed by atoms with Crippen LogP contribution in [0.15, 0.2) is 18.2 Å². The molecule has 4 nitrogen and oxygen atoms in total. The number of carbonyl (C=O) groups excluding carboxylic acids is 1. The molecule has 0 radical (unpaired) electrons. The van der Waals surface area contributed by atoms with Gasteiger partial charge in [-0.05, 0) is 29.5 Å². The monoisotopic (exact) mass is 314 g/mol. The number of hydrogen-bond acceptors (Lipinski definition) is 5. The molecule has 0 aromatic heterocycles. The summed E-state index contributed by atoms with van der Waals surface area (Å²) in [6, 6.07) is 3.48. The molecule has 1 aliphatic rings. The number of hydrogen-bond donors (Lipinski definition) is 0. The number of carbonyl (C=O) groups is 1. The molecular weight excluding hydrogens is 300 g/mol. The molecule has 1 aromatic rings. The minimum absolute atomic E-state index is 0.166. The molecule has 0 aliphatic carbocycles. The lowest BCUT2D eigenvalue weighted by molar-refractivity contribution is -0.137. The lowest BCUT2D eigenvalue weighted by Gasteiger charge is -2.02. The van der Waals surface area contributed by atoms with Gasteiger partial charge in [0.05, 0.1) is 5.02 Å². The number of fused-ring (bicyclic) bond motifs is 1. The van der Waals surface area contributed by atoms with Gasteiger partial charge in [0.2, 0.25) is 6.79 Å². The first kappa shape index (κ1) is 15.1. The fourth-order valence-corrected chi connectivity index (χ4v) is 2.40. The van der Waals surface area contributed by atoms with E-state index in [1.54, 1.807) is 30.0 Å². The lowest BCUT2D eigenvalue weighted by Crippen LogP contribution is -2.04. The van der Waals surface area contributed by atoms with Gasteiger partial charge in [-0.3, -0.25) is 0 Å². The smallest absolute Gasteiger partial charge is 0.330 e. The Kier molecular flexibility index (Phi) is 5.61. The number of thioether (sulfide) groups is 1. The summed E-state index contributed by atoms with van der Waals surface area (Å²) in [5.74, 6) is 2.60. The van der Waals surface area contributed by atoms with Crippen LogP contribution >= 0.6 is 23.4 Å². The topological polar surface area (TPSA) is 44.8 Å². The highest BCUT2D eigenvalue weighted by molar-refractivity contribution is 7.99. The van der Waals surface area contributed by atoms with E-state index in [1.165, 1.54) is 6.08 Å². The third-order valence-corrected chi connectivity index (χ3v) is 3.68. The molecule has 0 saturated carbocycles. The number of esters is 1. The van der Waals surface area contributed by atoms with Crippen LogP contribution in [0.2, 0.25) is 5.02 Å². The van der Waals surface area contributed by atoms with Crippen LogP contribution in [0.1, 0.15) is 12.5 Å². The largest absolute Gasteiger partial charge is 0.462 e. The Morgan fingerprint density at radius 3 is 3.15 bits per heavy atom. The zero-order valence-electron chi connectivity index (χ0n) is 11.1. The van der Waals surface area contributed by atoms with Gasteiger partial charge in [0.25, 0.3) is 0 Å². The van der Waals surface area contributed by atoms with E-state index in [-0.39, 0.29) is 12.8 Å². The quantitative estimate of drug-likeness (QED) is 0.457. The summed E-state index contributed by atoms with van der Waals surface area (Å²) >= 11 is 7.78. The second kappa shape index (κ2) is 7.45. The fourth-order valence-electron chi connectivity index (χ4n) is 1.64. The SMILES string of the molecule is CCSCCOC(=O)/C=C/c1cc(Cl)c2c(c1)OCO2. The molecule has 0 unspecified atom stereocenters. The van der Waals surface area contributed by atoms with Crippen LogP contribution in [0.4, 0.5) is 0 Å². The maximum atomic E-state index is 11.5. The zero-order valence-corrected chi connectivity index (χ0v) is 12.6. The Bertz CT molecular complexity index is 516. The number of benzene rings is 1. The molecule has 0 amide bonds. The Balaban J connectivity index is 1.91. The summed E-state index contributed by atoms with van der Waals surface area (Å²) in [6.07, 6.45) is 3.02. The van der Waals surface area contributed by atoms with E-state index in [4.69, 9.17) is 25.8 Å². The predicted molar refractivity (Wildman–Crippen MR) is 80.6 cm³/mol. The lowest BCUT2D eigenvalue weighted by atomic mass is 10.2. The molecule has 0 spiro atoms. The minimum atomic E-state index is -0.365. The first-order chi connectivity index (χ1) is 9.70. The van der Waals surface area contributed by atoms with E-state index in [2.05, 4.69) is 6.92 Å². The number of ether oxygens (including phenoxy) is 3. The molecule has 1 heterocycles. The number of rotatable bonds is 6. The zero-order chi connectivity index (χ0) is 14.4. The van der Waals surface area contributed by atoms with Crippen molar-refractivity contribution in [3.05, 3.63) is 28.8 Å². The molecule has 1 aromatic carbocycles. The molecule has 0 saturated heterocycles. The third-order valence-electron chi connectivity index (χ3n) is 2.54. The van der Waals surface area contributed by atoms with E-state index in [1.807, 2.05) is 0 Å². The molecule has 20 heavy (non-hydrogen) atoms. The average Bonchev–Trinajstić information content (AvgIpc) is 2.90. The first-order valence-electron chi connectivity index (χ1n) is 6.22. The second-order valence-corrected chi connectivity index (χ2v) is 5.74. The van der Waals surface area contributed by atoms with Crippen LogP contribution in [0.3, 0.4) is 0 Å². The summed E-state index contributed by atoms with van der Waals surface area (Å²) in [4.78, 5) is 11.5. The van der Waals surface area contributed by atoms with Crippen LogP contribution in [-0.4, -0.2) is 30.9 Å². The van der Waals surface area contributed by atoms with Crippen molar-refractivity contribution in [1.29, 1.82) is 0 Å². The predicted octanol–water partition coefficient (Wildman–Crippen LogP) is 3.38. The molecule has 0 bridgehead atoms. The van der Waals surface area contributed by atoms with E-state index in [9.17, 15) is 4.79 Å². The maximum Gasteiger partial charge on any atom is 0.330 e. The van der Waals surface area contributed by atoms with E-state index in [0.717, 1.165) is 17.1 Å². The van der Waals surface area contributed by atoms with Crippen LogP contribution in [0.25, 0.3) is 6.08 Å². The molecule has 0 atom stereocenters. The molecule has 6 heteroatoms. The van der Waals surface area contributed by atoms with Crippen molar-refractivity contribution in [3.63, 3.8) is 0 Å². The Hall–Kier alpha value is -1.33. The second-order valence-electron chi connectivity index (χ2n) is 3.93. The van der Waals surface area contributed by atoms with Crippen molar-refractivity contribution >= 4 is 35.4 Å². The van der Waals surface area contributed by atoms with Crippen LogP contribution in [-0.2, 0) is 9.53 Å². The standard InChI is InChI=1S/C14H15ClO4S/c1-2-20-6-5-17-13(16)4-3-10-7-11(15)14-12(8-10)18-9-19-14/h3-4,7-8H,2,5-6,9H2,1H3/b4-3+. The molecule has 2 rings (SSSR count). The summed E-state index contributed by atoms with van der Waals surface area (Å²) in [6.45, 7) is 2.65. The summed E-state index contributed by atoms with van der Waals surface area (Å²) in [5.41, 5.74) is 0.763. The van der Waals surface area contributed by atoms with E-state index < -0.39 is 0 Å². The van der Waals surface area contributed by atoms with Gasteiger partial charge in [0.15, 0.2) is 11.5 Å². The fraction of sp³-hybridized carbons (Fsp3) is 0.357. The number of halogens is 1. The third kappa shape index (κ3) is 4.08. The van der Waals surface area contributed by atoms with Crippen LogP contribution in [0.5, 0.6) is 11.5 Å². The highest BCUT2D eigenvalue weighted by Crippen LogP contribution is 2.40. The average molecular weight is 315 g/mol. The molecular formula is C14H15ClO4S. The Morgan fingerprint density at radius 2 is 2.35 bits per heavy atom. The van der Waals surface area contributed by atoms with E-state index >= 15 is 0 Å². The molecule has 108 valence electrons. The summed E-state index contributed by atoms with van der Waals surface area (Å²) in [5, 5.41) is 0.465. The highest BCUT2D eigenvalue weighted by atomic mass is 35.5. The van der Waals surface area contributed by atoms with Crippen molar-refractivity contribution in [2.24, 2.45) is 0 Å². The van der Waals surface area contributed by atoms with Gasteiger partial charge < -0.3 is 14.2 Å². The maximum absolute atomic E-state index is 11.5. The Morgan fingerprint density at radius 1 is 1.50 bits per heavy atom. The van der Waals surface area contributed by atoms with Gasteiger partial charge in [-0.15, -0.1) is 0 Å². The van der Waals surface area contributed by atoms with Crippen molar-refractivity contribution in [1.82, 2.24) is 0 Å². The molecule has 0 fully saturated rings. The van der Waals surface area contributed by atoms with Gasteiger partial charge in [-0.1, -0.05) is 18.5 Å². The normalized spacial score (nSPS) is 12.9. The van der Waals surface area contributed by atoms with Crippen LogP contribution in [0, 0.1) is 0 Å². The molecule has 1 aliphatic heterocycles. The van der Waals surface area contributed by atoms with Gasteiger partial charge >= 0.3 is 5.97 Å². The summed E-state index contributed by atoms with van der Waals surface area (Å²) < 4.78 is 15.5. The van der Waals surface area contributed by atoms with Gasteiger partial charge in [0.1, 0.15) is 6.61 Å². The van der Waals surface area contributed by atoms with E-state index in [0.29, 0.717) is 23.1 Å². The minimum Gasteiger partial charge on any atom is -0.462 e. The Labute approximate surface area is 127 Å². The van der Waals surface area contributed by atoms with Crippen molar-refractivity contribution in [3.8, 4) is 11.5 Å². The van der Waals surface area contributed by atoms with Crippen LogP contribution < -0.4 is 9.47 Å². The van der Waals surface area contributed by atoms with Gasteiger partial charge in [-0.25, -0.2) is 4.79 Å². The highest BCUT2D eigenvalue weighted by Gasteiger charge is 2.17. The first-order valence-corrected chi connectivity index (χ1v) is 7.75. The van der Waals surface area contributed by atoms with Gasteiger partial charge in [-0.2, -0.15) is 11.8 Å². The molecule has 0 N–H and O–H groups in total. The van der Waals surface area contributed by atoms with Crippen molar-refractivity contribution < 1.29 is 19.0 Å². The summed E-state index contributed by atoms with van der Waals surface area (Å²) in [7, 11) is 0. The van der Waals surface area contributed by atoms with Crippen molar-refractivity contribution in [2.75, 3.05) is 24.9 Å². The van der Waals surface area contributed by atoms with Crippen molar-refractivity contribution in [2.45, 2.75) is 6.92 Å². The van der Waals surface area contributed by atoms with Gasteiger partial charge in [0, 0.05) is 11.8 Å².